The van der Waals surface area contributed by atoms with E-state index in [2.05, 4.69) is 10.6 Å². The van der Waals surface area contributed by atoms with Gasteiger partial charge in [0.25, 0.3) is 0 Å². The van der Waals surface area contributed by atoms with Gasteiger partial charge >= 0.3 is 5.97 Å². The second-order valence-corrected chi connectivity index (χ2v) is 13.0. The van der Waals surface area contributed by atoms with Crippen LogP contribution in [0.5, 0.6) is 0 Å². The number of hydrogen-bond donors (Lipinski definition) is 13. The molecular formula is C28H49N3O19. The molecule has 2 amide bonds. The lowest BCUT2D eigenvalue weighted by Gasteiger charge is -2.48. The van der Waals surface area contributed by atoms with Gasteiger partial charge in [0, 0.05) is 0 Å². The zero-order chi connectivity index (χ0) is 37.7. The second kappa shape index (κ2) is 18.0. The number of nitrogens with one attached hydrogen (secondary N) is 2. The quantitative estimate of drug-likeness (QED) is 0.0782. The van der Waals surface area contributed by atoms with E-state index in [9.17, 15) is 65.4 Å². The minimum atomic E-state index is -2.03. The molecule has 22 nitrogen and oxygen atoms in total. The maximum Gasteiger partial charge on any atom is 0.329 e. The molecule has 0 saturated carbocycles. The topological polar surface area (TPSA) is 359 Å². The molecule has 22 heteroatoms. The van der Waals surface area contributed by atoms with Crippen molar-refractivity contribution in [1.82, 2.24) is 10.6 Å². The van der Waals surface area contributed by atoms with Crippen LogP contribution < -0.4 is 16.4 Å². The van der Waals surface area contributed by atoms with E-state index in [0.29, 0.717) is 0 Å². The van der Waals surface area contributed by atoms with Crippen LogP contribution in [0.1, 0.15) is 27.2 Å². The molecule has 0 aromatic heterocycles. The van der Waals surface area contributed by atoms with Gasteiger partial charge in [0.1, 0.15) is 84.9 Å². The average Bonchev–Trinajstić information content (AvgIpc) is 3.06. The van der Waals surface area contributed by atoms with Crippen molar-refractivity contribution < 1.29 is 93.9 Å². The number of hydrogen-bond acceptors (Lipinski definition) is 20. The molecule has 0 aromatic rings. The fraction of sp³-hybridized carbons (Fsp3) is 0.893. The molecule has 3 aliphatic heterocycles. The Hall–Kier alpha value is -2.23. The molecule has 3 heterocycles. The van der Waals surface area contributed by atoms with Crippen molar-refractivity contribution in [3.05, 3.63) is 0 Å². The molecule has 3 aliphatic rings. The maximum atomic E-state index is 12.9. The lowest BCUT2D eigenvalue weighted by molar-refractivity contribution is -0.373. The highest BCUT2D eigenvalue weighted by atomic mass is 16.7. The Morgan fingerprint density at radius 1 is 0.680 bits per heavy atom. The van der Waals surface area contributed by atoms with Crippen molar-refractivity contribution in [2.45, 2.75) is 131 Å². The summed E-state index contributed by atoms with van der Waals surface area (Å²) in [5.41, 5.74) is 4.32. The van der Waals surface area contributed by atoms with Gasteiger partial charge in [-0.15, -0.1) is 0 Å². The van der Waals surface area contributed by atoms with Crippen LogP contribution in [0.2, 0.25) is 0 Å². The Morgan fingerprint density at radius 3 is 1.66 bits per heavy atom. The summed E-state index contributed by atoms with van der Waals surface area (Å²) in [6, 6.07) is -1.50. The van der Waals surface area contributed by atoms with Crippen molar-refractivity contribution in [3.8, 4) is 0 Å². The van der Waals surface area contributed by atoms with Crippen LogP contribution in [-0.2, 0) is 42.8 Å². The highest BCUT2D eigenvalue weighted by Gasteiger charge is 2.53. The Labute approximate surface area is 285 Å². The Morgan fingerprint density at radius 2 is 1.16 bits per heavy atom. The van der Waals surface area contributed by atoms with Crippen molar-refractivity contribution in [2.75, 3.05) is 26.4 Å². The van der Waals surface area contributed by atoms with Crippen molar-refractivity contribution in [1.29, 1.82) is 0 Å². The largest absolute Gasteiger partial charge is 0.458 e. The van der Waals surface area contributed by atoms with Crippen LogP contribution in [0, 0.1) is 0 Å². The van der Waals surface area contributed by atoms with Crippen LogP contribution in [0.25, 0.3) is 0 Å². The Kier molecular flexibility index (Phi) is 15.2. The molecule has 3 rings (SSSR count). The first-order chi connectivity index (χ1) is 23.4. The van der Waals surface area contributed by atoms with Crippen molar-refractivity contribution in [3.63, 3.8) is 0 Å². The lowest BCUT2D eigenvalue weighted by atomic mass is 9.95. The van der Waals surface area contributed by atoms with Gasteiger partial charge in [0.05, 0.1) is 32.8 Å². The zero-order valence-electron chi connectivity index (χ0n) is 27.5. The minimum Gasteiger partial charge on any atom is -0.458 e. The number of ether oxygens (including phenoxy) is 6. The van der Waals surface area contributed by atoms with Gasteiger partial charge in [-0.1, -0.05) is 0 Å². The molecular weight excluding hydrogens is 682 g/mol. The standard InChI is InChI=1S/C28H49N3O19/c1-28(2,3)50-25(44)9(30-14(36)5-29)4-13(35)31-24-19(41)17(39)22(11(7-33)45-24)48-27-21(43)18(40)23(12(8-34)47-27)49-26-20(42)16(38)15(37)10(6-32)46-26/h9-12,15-24,26-27,32-34,37-43H,4-8,29H2,1-3H3,(H,30,36)(H,31,35)/t9-,10+,11+,12+,15+,16-,17+,18+,19+,20+,21+,22+,23+,24+,26+,27+/m0/s1. The number of aliphatic hydroxyl groups excluding tert-OH is 10. The summed E-state index contributed by atoms with van der Waals surface area (Å²) >= 11 is 0. The van der Waals surface area contributed by atoms with Gasteiger partial charge < -0.3 is 95.9 Å². The van der Waals surface area contributed by atoms with Gasteiger partial charge in [0.15, 0.2) is 18.8 Å². The first kappa shape index (κ1) is 42.2. The number of nitrogens with two attached hydrogens (primary N) is 1. The third kappa shape index (κ3) is 10.2. The smallest absolute Gasteiger partial charge is 0.329 e. The predicted molar refractivity (Wildman–Crippen MR) is 159 cm³/mol. The lowest BCUT2D eigenvalue weighted by Crippen LogP contribution is -2.67. The molecule has 3 saturated heterocycles. The first-order valence-electron chi connectivity index (χ1n) is 15.7. The second-order valence-electron chi connectivity index (χ2n) is 13.0. The number of carbonyl (C=O) groups excluding carboxylic acids is 3. The highest BCUT2D eigenvalue weighted by Crippen LogP contribution is 2.32. The minimum absolute atomic E-state index is 0.501. The van der Waals surface area contributed by atoms with E-state index in [1.165, 1.54) is 0 Å². The average molecular weight is 732 g/mol. The number of esters is 1. The maximum absolute atomic E-state index is 12.9. The summed E-state index contributed by atoms with van der Waals surface area (Å²) < 4.78 is 32.6. The van der Waals surface area contributed by atoms with Gasteiger partial charge in [-0.05, 0) is 20.8 Å². The van der Waals surface area contributed by atoms with Gasteiger partial charge in [-0.2, -0.15) is 0 Å². The molecule has 3 fully saturated rings. The van der Waals surface area contributed by atoms with Crippen LogP contribution in [-0.4, -0.2) is 199 Å². The van der Waals surface area contributed by atoms with Gasteiger partial charge in [-0.25, -0.2) is 4.79 Å². The van der Waals surface area contributed by atoms with E-state index < -0.39 is 154 Å². The van der Waals surface area contributed by atoms with E-state index in [0.717, 1.165) is 0 Å². The van der Waals surface area contributed by atoms with E-state index in [1.54, 1.807) is 20.8 Å². The zero-order valence-corrected chi connectivity index (χ0v) is 27.5. The van der Waals surface area contributed by atoms with Crippen LogP contribution in [0.15, 0.2) is 0 Å². The SMILES string of the molecule is CC(C)(C)OC(=O)[C@H](CC(=O)N[C@@H]1O[C@H](CO)[C@@H](O[C@H]2O[C@H](CO)[C@@H](O[C@H]3O[C@H](CO)[C@@H](O)[C@H](O)[C@H]3O)[C@H](O)[C@H]2O)[C@H](O)[C@H]1O)NC(=O)CN. The fourth-order valence-corrected chi connectivity index (χ4v) is 5.42. The van der Waals surface area contributed by atoms with E-state index >= 15 is 0 Å². The van der Waals surface area contributed by atoms with E-state index in [4.69, 9.17) is 34.2 Å². The molecule has 0 unspecified atom stereocenters. The summed E-state index contributed by atoms with van der Waals surface area (Å²) in [4.78, 5) is 37.4. The molecule has 50 heavy (non-hydrogen) atoms. The molecule has 0 bridgehead atoms. The molecule has 290 valence electrons. The summed E-state index contributed by atoms with van der Waals surface area (Å²) in [5, 5.41) is 108. The van der Waals surface area contributed by atoms with Crippen LogP contribution in [0.3, 0.4) is 0 Å². The predicted octanol–water partition coefficient (Wildman–Crippen LogP) is -8.27. The molecule has 0 spiro atoms. The third-order valence-corrected chi connectivity index (χ3v) is 8.02. The molecule has 0 aliphatic carbocycles. The number of aliphatic hydroxyl groups is 10. The van der Waals surface area contributed by atoms with Gasteiger partial charge in [0.2, 0.25) is 11.8 Å². The number of rotatable bonds is 13. The highest BCUT2D eigenvalue weighted by molar-refractivity contribution is 5.90. The molecule has 14 N–H and O–H groups in total. The summed E-state index contributed by atoms with van der Waals surface area (Å²) in [5.74, 6) is -2.70. The normalized spacial score (nSPS) is 40.1. The summed E-state index contributed by atoms with van der Waals surface area (Å²) in [6.07, 6.45) is -27.2. The monoisotopic (exact) mass is 731 g/mol. The summed E-state index contributed by atoms with van der Waals surface area (Å²) in [6.45, 7) is 1.60. The van der Waals surface area contributed by atoms with E-state index in [-0.39, 0.29) is 0 Å². The Balaban J connectivity index is 1.68. The molecule has 16 atom stereocenters. The summed E-state index contributed by atoms with van der Waals surface area (Å²) in [7, 11) is 0. The number of amides is 2. The number of carbonyl (C=O) groups is 3. The van der Waals surface area contributed by atoms with E-state index in [1.807, 2.05) is 0 Å². The van der Waals surface area contributed by atoms with Crippen molar-refractivity contribution >= 4 is 17.8 Å². The van der Waals surface area contributed by atoms with Crippen LogP contribution in [0.4, 0.5) is 0 Å². The molecule has 0 radical (unpaired) electrons. The fourth-order valence-electron chi connectivity index (χ4n) is 5.42. The first-order valence-corrected chi connectivity index (χ1v) is 15.7. The van der Waals surface area contributed by atoms with Crippen molar-refractivity contribution in [2.24, 2.45) is 5.73 Å². The Bertz CT molecular complexity index is 1120. The van der Waals surface area contributed by atoms with Crippen LogP contribution >= 0.6 is 0 Å². The molecule has 0 aromatic carbocycles. The van der Waals surface area contributed by atoms with Gasteiger partial charge in [-0.3, -0.25) is 9.59 Å². The third-order valence-electron chi connectivity index (χ3n) is 8.02.